The molecular formula is C26H32N4O3. The normalized spacial score (nSPS) is 23.8. The van der Waals surface area contributed by atoms with Crippen LogP contribution in [0.2, 0.25) is 0 Å². The molecule has 1 aliphatic carbocycles. The Hall–Kier alpha value is -3.08. The van der Waals surface area contributed by atoms with Crippen LogP contribution in [-0.2, 0) is 0 Å². The molecule has 4 N–H and O–H groups in total. The van der Waals surface area contributed by atoms with Crippen molar-refractivity contribution >= 4 is 17.3 Å². The van der Waals surface area contributed by atoms with Crippen LogP contribution in [0.3, 0.4) is 0 Å². The molecule has 0 aromatic heterocycles. The molecule has 1 heterocycles. The van der Waals surface area contributed by atoms with Crippen LogP contribution in [0.25, 0.3) is 0 Å². The summed E-state index contributed by atoms with van der Waals surface area (Å²) in [7, 11) is 0. The van der Waals surface area contributed by atoms with Crippen LogP contribution in [0.15, 0.2) is 42.5 Å². The molecular weight excluding hydrogens is 416 g/mol. The van der Waals surface area contributed by atoms with E-state index in [9.17, 15) is 15.0 Å². The van der Waals surface area contributed by atoms with Crippen molar-refractivity contribution in [2.24, 2.45) is 11.8 Å². The summed E-state index contributed by atoms with van der Waals surface area (Å²) in [5, 5.41) is 35.7. The Labute approximate surface area is 195 Å². The van der Waals surface area contributed by atoms with Crippen molar-refractivity contribution in [3.63, 3.8) is 0 Å². The van der Waals surface area contributed by atoms with Gasteiger partial charge in [-0.05, 0) is 80.6 Å². The number of aliphatic hydroxyl groups is 2. The summed E-state index contributed by atoms with van der Waals surface area (Å²) in [5.74, 6) is 0.462. The second-order valence-electron chi connectivity index (χ2n) is 9.37. The number of carbonyl (C=O) groups is 1. The van der Waals surface area contributed by atoms with Crippen molar-refractivity contribution in [3.8, 4) is 6.07 Å². The van der Waals surface area contributed by atoms with Crippen molar-refractivity contribution in [2.75, 3.05) is 16.8 Å². The fourth-order valence-electron chi connectivity index (χ4n) is 4.99. The van der Waals surface area contributed by atoms with Crippen LogP contribution in [0, 0.1) is 23.2 Å². The maximum atomic E-state index is 12.7. The molecule has 5 atom stereocenters. The molecule has 1 aliphatic heterocycles. The van der Waals surface area contributed by atoms with Gasteiger partial charge in [-0.15, -0.1) is 0 Å². The topological polar surface area (TPSA) is 109 Å². The van der Waals surface area contributed by atoms with Crippen LogP contribution in [0.1, 0.15) is 61.1 Å². The molecule has 1 saturated carbocycles. The van der Waals surface area contributed by atoms with Gasteiger partial charge in [0.2, 0.25) is 0 Å². The van der Waals surface area contributed by atoms with Crippen LogP contribution in [-0.4, -0.2) is 41.0 Å². The zero-order chi connectivity index (χ0) is 23.7. The Morgan fingerprint density at radius 2 is 1.88 bits per heavy atom. The number of benzene rings is 2. The number of fused-ring (bicyclic) bond motifs is 1. The number of amides is 1. The smallest absolute Gasteiger partial charge is 0.251 e. The van der Waals surface area contributed by atoms with Gasteiger partial charge in [0.05, 0.1) is 23.8 Å². The Morgan fingerprint density at radius 1 is 1.18 bits per heavy atom. The number of rotatable bonds is 7. The number of carbonyl (C=O) groups excluding carboxylic acids is 1. The lowest BCUT2D eigenvalue weighted by atomic mass is 9.79. The van der Waals surface area contributed by atoms with Gasteiger partial charge >= 0.3 is 0 Å². The monoisotopic (exact) mass is 448 g/mol. The second-order valence-corrected chi connectivity index (χ2v) is 9.37. The van der Waals surface area contributed by atoms with Gasteiger partial charge in [0.25, 0.3) is 5.91 Å². The minimum absolute atomic E-state index is 0.0712. The van der Waals surface area contributed by atoms with Gasteiger partial charge in [0.15, 0.2) is 0 Å². The van der Waals surface area contributed by atoms with Crippen molar-refractivity contribution in [2.45, 2.75) is 58.0 Å². The maximum absolute atomic E-state index is 12.7. The van der Waals surface area contributed by atoms with Crippen LogP contribution >= 0.6 is 0 Å². The molecule has 0 saturated heterocycles. The Balaban J connectivity index is 1.74. The standard InChI is InChI=1S/C26H32N4O3/c1-15(31)14-28-26(33)20-8-11-23-22(12-20)24(29-21-9-4-18(13-27)5-10-21)16(2)25(19-6-7-19)30(23)17(3)32/h4-5,8-12,15-17,19,24-25,29,31-32H,6-7,14H2,1-3H3,(H,28,33)/t15?,16-,17?,24-,25-/m1/s1. The van der Waals surface area contributed by atoms with Gasteiger partial charge in [-0.2, -0.15) is 5.26 Å². The highest BCUT2D eigenvalue weighted by molar-refractivity contribution is 5.95. The molecule has 0 radical (unpaired) electrons. The molecule has 7 nitrogen and oxygen atoms in total. The van der Waals surface area contributed by atoms with Gasteiger partial charge in [0.1, 0.15) is 6.23 Å². The summed E-state index contributed by atoms with van der Waals surface area (Å²) >= 11 is 0. The number of hydrogen-bond acceptors (Lipinski definition) is 6. The summed E-state index contributed by atoms with van der Waals surface area (Å²) in [5.41, 5.74) is 3.91. The van der Waals surface area contributed by atoms with E-state index in [-0.39, 0.29) is 30.5 Å². The van der Waals surface area contributed by atoms with Gasteiger partial charge in [-0.1, -0.05) is 6.92 Å². The van der Waals surface area contributed by atoms with Crippen molar-refractivity contribution in [1.29, 1.82) is 5.26 Å². The van der Waals surface area contributed by atoms with E-state index in [4.69, 9.17) is 5.26 Å². The van der Waals surface area contributed by atoms with Crippen LogP contribution < -0.4 is 15.5 Å². The Kier molecular flexibility index (Phi) is 6.59. The number of anilines is 2. The lowest BCUT2D eigenvalue weighted by Gasteiger charge is -2.48. The van der Waals surface area contributed by atoms with E-state index < -0.39 is 12.3 Å². The molecule has 0 spiro atoms. The third kappa shape index (κ3) is 4.82. The Bertz CT molecular complexity index is 1040. The van der Waals surface area contributed by atoms with Crippen LogP contribution in [0.4, 0.5) is 11.4 Å². The third-order valence-electron chi connectivity index (χ3n) is 6.69. The number of aliphatic hydroxyl groups excluding tert-OH is 2. The SMILES string of the molecule is CC(O)CNC(=O)c1ccc2c(c1)[C@H](Nc1ccc(C#N)cc1)[C@@H](C)[C@H](C1CC1)N2C(C)O. The van der Waals surface area contributed by atoms with Gasteiger partial charge in [-0.25, -0.2) is 0 Å². The summed E-state index contributed by atoms with van der Waals surface area (Å²) in [6, 6.07) is 15.2. The molecule has 0 bridgehead atoms. The molecule has 1 amide bonds. The first-order chi connectivity index (χ1) is 15.8. The molecule has 4 rings (SSSR count). The molecule has 2 aliphatic rings. The lowest BCUT2D eigenvalue weighted by Crippen LogP contribution is -2.52. The Morgan fingerprint density at radius 3 is 2.45 bits per heavy atom. The summed E-state index contributed by atoms with van der Waals surface area (Å²) in [6.07, 6.45) is 1.03. The average molecular weight is 449 g/mol. The highest BCUT2D eigenvalue weighted by Gasteiger charge is 2.47. The van der Waals surface area contributed by atoms with Gasteiger partial charge in [-0.3, -0.25) is 4.79 Å². The second kappa shape index (κ2) is 9.42. The van der Waals surface area contributed by atoms with Crippen molar-refractivity contribution in [1.82, 2.24) is 5.32 Å². The first-order valence-corrected chi connectivity index (χ1v) is 11.6. The molecule has 7 heteroatoms. The zero-order valence-corrected chi connectivity index (χ0v) is 19.3. The van der Waals surface area contributed by atoms with Gasteiger partial charge < -0.3 is 25.7 Å². The highest BCUT2D eigenvalue weighted by atomic mass is 16.3. The maximum Gasteiger partial charge on any atom is 0.251 e. The van der Waals surface area contributed by atoms with E-state index in [1.54, 1.807) is 32.0 Å². The molecule has 2 unspecified atom stereocenters. The summed E-state index contributed by atoms with van der Waals surface area (Å²) < 4.78 is 0. The van der Waals surface area contributed by atoms with E-state index >= 15 is 0 Å². The highest BCUT2D eigenvalue weighted by Crippen LogP contribution is 2.50. The van der Waals surface area contributed by atoms with E-state index in [0.29, 0.717) is 17.0 Å². The van der Waals surface area contributed by atoms with Crippen molar-refractivity contribution in [3.05, 3.63) is 59.2 Å². The predicted octanol–water partition coefficient (Wildman–Crippen LogP) is 3.40. The largest absolute Gasteiger partial charge is 0.392 e. The predicted molar refractivity (Wildman–Crippen MR) is 128 cm³/mol. The minimum atomic E-state index is -0.650. The van der Waals surface area contributed by atoms with E-state index in [0.717, 1.165) is 29.8 Å². The van der Waals surface area contributed by atoms with E-state index in [2.05, 4.69) is 28.5 Å². The first kappa shape index (κ1) is 23.1. The average Bonchev–Trinajstić information content (AvgIpc) is 3.63. The first-order valence-electron chi connectivity index (χ1n) is 11.6. The number of hydrogen-bond donors (Lipinski definition) is 4. The molecule has 1 fully saturated rings. The number of nitriles is 1. The molecule has 174 valence electrons. The molecule has 2 aromatic rings. The molecule has 2 aromatic carbocycles. The van der Waals surface area contributed by atoms with E-state index in [1.165, 1.54) is 0 Å². The third-order valence-corrected chi connectivity index (χ3v) is 6.69. The van der Waals surface area contributed by atoms with Crippen molar-refractivity contribution < 1.29 is 15.0 Å². The molecule has 33 heavy (non-hydrogen) atoms. The lowest BCUT2D eigenvalue weighted by molar-refractivity contribution is 0.0924. The van der Waals surface area contributed by atoms with Gasteiger partial charge in [0, 0.05) is 35.4 Å². The van der Waals surface area contributed by atoms with Crippen LogP contribution in [0.5, 0.6) is 0 Å². The summed E-state index contributed by atoms with van der Waals surface area (Å²) in [4.78, 5) is 14.8. The quantitative estimate of drug-likeness (QED) is 0.517. The summed E-state index contributed by atoms with van der Waals surface area (Å²) in [6.45, 7) is 5.81. The fourth-order valence-corrected chi connectivity index (χ4v) is 4.99. The van der Waals surface area contributed by atoms with E-state index in [1.807, 2.05) is 24.3 Å². The fraction of sp³-hybridized carbons (Fsp3) is 0.462. The minimum Gasteiger partial charge on any atom is -0.392 e. The number of nitrogens with one attached hydrogen (secondary N) is 2. The number of nitrogens with zero attached hydrogens (tertiary/aromatic N) is 2. The zero-order valence-electron chi connectivity index (χ0n) is 19.3.